The fourth-order valence-electron chi connectivity index (χ4n) is 2.69. The molecular weight excluding hydrogens is 327 g/mol. The average molecular weight is 344 g/mol. The zero-order valence-corrected chi connectivity index (χ0v) is 13.8. The van der Waals surface area contributed by atoms with Gasteiger partial charge in [-0.15, -0.1) is 0 Å². The van der Waals surface area contributed by atoms with Gasteiger partial charge in [0.05, 0.1) is 12.1 Å². The SMILES string of the molecule is CC(C)N1C/C(=C(/O)c2ncoc2Cc2ccc(F)cc2)C(=O)C1=O. The van der Waals surface area contributed by atoms with Gasteiger partial charge >= 0.3 is 0 Å². The van der Waals surface area contributed by atoms with E-state index >= 15 is 0 Å². The number of ketones is 1. The first kappa shape index (κ1) is 16.9. The highest BCUT2D eigenvalue weighted by molar-refractivity contribution is 6.46. The number of nitrogens with zero attached hydrogens (tertiary/aromatic N) is 2. The molecule has 0 unspecified atom stereocenters. The summed E-state index contributed by atoms with van der Waals surface area (Å²) in [5.41, 5.74) is 0.883. The Morgan fingerprint density at radius 2 is 2.00 bits per heavy atom. The number of aliphatic hydroxyl groups excluding tert-OH is 1. The molecule has 0 atom stereocenters. The number of aliphatic hydroxyl groups is 1. The zero-order chi connectivity index (χ0) is 18.1. The molecule has 2 aromatic rings. The molecule has 1 N–H and O–H groups in total. The van der Waals surface area contributed by atoms with E-state index in [1.807, 2.05) is 0 Å². The van der Waals surface area contributed by atoms with Gasteiger partial charge in [0.15, 0.2) is 12.2 Å². The number of Topliss-reactive ketones (excluding diaryl/α,β-unsaturated/α-hetero) is 1. The van der Waals surface area contributed by atoms with Crippen molar-refractivity contribution in [3.63, 3.8) is 0 Å². The standard InChI is InChI=1S/C18H17FN2O4/c1-10(2)21-8-13(17(23)18(21)24)16(22)15-14(25-9-20-15)7-11-3-5-12(19)6-4-11/h3-6,9-10,22H,7-8H2,1-2H3/b16-13-. The molecule has 0 radical (unpaired) electrons. The fourth-order valence-corrected chi connectivity index (χ4v) is 2.69. The van der Waals surface area contributed by atoms with Crippen molar-refractivity contribution in [3.05, 3.63) is 59.1 Å². The topological polar surface area (TPSA) is 83.6 Å². The van der Waals surface area contributed by atoms with Gasteiger partial charge in [0.25, 0.3) is 11.7 Å². The Morgan fingerprint density at radius 1 is 1.32 bits per heavy atom. The zero-order valence-electron chi connectivity index (χ0n) is 13.8. The molecule has 0 spiro atoms. The number of likely N-dealkylation sites (tertiary alicyclic amines) is 1. The van der Waals surface area contributed by atoms with Crippen LogP contribution in [0.2, 0.25) is 0 Å². The minimum atomic E-state index is -0.734. The molecule has 0 bridgehead atoms. The summed E-state index contributed by atoms with van der Waals surface area (Å²) < 4.78 is 18.3. The number of carbonyl (C=O) groups is 2. The summed E-state index contributed by atoms with van der Waals surface area (Å²) in [5, 5.41) is 10.5. The molecule has 0 saturated carbocycles. The number of carbonyl (C=O) groups excluding carboxylic acids is 2. The Balaban J connectivity index is 1.92. The van der Waals surface area contributed by atoms with Gasteiger partial charge in [-0.25, -0.2) is 9.37 Å². The molecule has 1 aliphatic heterocycles. The quantitative estimate of drug-likeness (QED) is 0.523. The van der Waals surface area contributed by atoms with Crippen LogP contribution in [0.3, 0.4) is 0 Å². The van der Waals surface area contributed by atoms with Crippen LogP contribution in [-0.2, 0) is 16.0 Å². The van der Waals surface area contributed by atoms with Crippen molar-refractivity contribution in [2.75, 3.05) is 6.54 Å². The third-order valence-electron chi connectivity index (χ3n) is 4.11. The van der Waals surface area contributed by atoms with E-state index in [0.29, 0.717) is 5.76 Å². The lowest BCUT2D eigenvalue weighted by Gasteiger charge is -2.18. The summed E-state index contributed by atoms with van der Waals surface area (Å²) in [7, 11) is 0. The molecule has 1 aliphatic rings. The van der Waals surface area contributed by atoms with E-state index in [1.165, 1.54) is 17.0 Å². The van der Waals surface area contributed by atoms with Crippen LogP contribution < -0.4 is 0 Å². The van der Waals surface area contributed by atoms with Crippen molar-refractivity contribution in [1.82, 2.24) is 9.88 Å². The molecule has 1 aromatic carbocycles. The highest BCUT2D eigenvalue weighted by Gasteiger charge is 2.38. The number of aromatic nitrogens is 1. The number of hydrogen-bond acceptors (Lipinski definition) is 5. The van der Waals surface area contributed by atoms with Gasteiger partial charge in [-0.1, -0.05) is 12.1 Å². The largest absolute Gasteiger partial charge is 0.505 e. The van der Waals surface area contributed by atoms with Crippen molar-refractivity contribution in [2.45, 2.75) is 26.3 Å². The maximum absolute atomic E-state index is 13.0. The van der Waals surface area contributed by atoms with Gasteiger partial charge in [-0.05, 0) is 31.5 Å². The average Bonchev–Trinajstić information content (AvgIpc) is 3.15. The van der Waals surface area contributed by atoms with E-state index < -0.39 is 11.7 Å². The Hall–Kier alpha value is -2.96. The molecule has 1 saturated heterocycles. The maximum atomic E-state index is 13.0. The maximum Gasteiger partial charge on any atom is 0.295 e. The smallest absolute Gasteiger partial charge is 0.295 e. The molecule has 25 heavy (non-hydrogen) atoms. The number of oxazole rings is 1. The number of amides is 1. The molecule has 3 rings (SSSR count). The van der Waals surface area contributed by atoms with Gasteiger partial charge in [0.2, 0.25) is 0 Å². The Labute approximate surface area is 143 Å². The summed E-state index contributed by atoms with van der Waals surface area (Å²) in [6.45, 7) is 3.62. The molecule has 7 heteroatoms. The van der Waals surface area contributed by atoms with E-state index in [1.54, 1.807) is 26.0 Å². The van der Waals surface area contributed by atoms with Crippen LogP contribution in [0.5, 0.6) is 0 Å². The lowest BCUT2D eigenvalue weighted by atomic mass is 10.1. The number of halogens is 1. The first-order valence-corrected chi connectivity index (χ1v) is 7.83. The van der Waals surface area contributed by atoms with E-state index in [2.05, 4.69) is 4.98 Å². The predicted octanol–water partition coefficient (Wildman–Crippen LogP) is 2.49. The van der Waals surface area contributed by atoms with Crippen LogP contribution in [0.4, 0.5) is 4.39 Å². The van der Waals surface area contributed by atoms with Gasteiger partial charge < -0.3 is 14.4 Å². The number of rotatable bonds is 4. The van der Waals surface area contributed by atoms with Crippen molar-refractivity contribution < 1.29 is 23.5 Å². The first-order chi connectivity index (χ1) is 11.9. The van der Waals surface area contributed by atoms with E-state index in [9.17, 15) is 19.1 Å². The van der Waals surface area contributed by atoms with Crippen LogP contribution in [-0.4, -0.2) is 39.3 Å². The second-order valence-electron chi connectivity index (χ2n) is 6.11. The molecule has 2 heterocycles. The molecule has 6 nitrogen and oxygen atoms in total. The summed E-state index contributed by atoms with van der Waals surface area (Å²) in [4.78, 5) is 29.5. The predicted molar refractivity (Wildman–Crippen MR) is 87.1 cm³/mol. The lowest BCUT2D eigenvalue weighted by molar-refractivity contribution is -0.140. The molecule has 130 valence electrons. The molecule has 1 aromatic heterocycles. The van der Waals surface area contributed by atoms with Crippen LogP contribution in [0.15, 0.2) is 40.6 Å². The molecule has 1 amide bonds. The van der Waals surface area contributed by atoms with Gasteiger partial charge in [-0.3, -0.25) is 9.59 Å². The number of benzene rings is 1. The highest BCUT2D eigenvalue weighted by atomic mass is 19.1. The van der Waals surface area contributed by atoms with Crippen LogP contribution in [0.25, 0.3) is 5.76 Å². The van der Waals surface area contributed by atoms with Gasteiger partial charge in [0.1, 0.15) is 17.3 Å². The summed E-state index contributed by atoms with van der Waals surface area (Å²) in [5.74, 6) is -1.75. The van der Waals surface area contributed by atoms with E-state index in [4.69, 9.17) is 4.42 Å². The summed E-state index contributed by atoms with van der Waals surface area (Å²) >= 11 is 0. The third-order valence-corrected chi connectivity index (χ3v) is 4.11. The van der Waals surface area contributed by atoms with E-state index in [-0.39, 0.29) is 41.9 Å². The molecule has 0 aliphatic carbocycles. The molecular formula is C18H17FN2O4. The lowest BCUT2D eigenvalue weighted by Crippen LogP contribution is -2.33. The summed E-state index contributed by atoms with van der Waals surface area (Å²) in [6.07, 6.45) is 1.43. The van der Waals surface area contributed by atoms with Crippen molar-refractivity contribution in [1.29, 1.82) is 0 Å². The normalized spacial score (nSPS) is 16.9. The van der Waals surface area contributed by atoms with Crippen LogP contribution >= 0.6 is 0 Å². The second kappa shape index (κ2) is 6.51. The Kier molecular flexibility index (Phi) is 4.39. The second-order valence-corrected chi connectivity index (χ2v) is 6.11. The van der Waals surface area contributed by atoms with Crippen molar-refractivity contribution in [3.8, 4) is 0 Å². The fraction of sp³-hybridized carbons (Fsp3) is 0.278. The highest BCUT2D eigenvalue weighted by Crippen LogP contribution is 2.26. The molecule has 1 fully saturated rings. The first-order valence-electron chi connectivity index (χ1n) is 7.83. The number of hydrogen-bond donors (Lipinski definition) is 1. The van der Waals surface area contributed by atoms with E-state index in [0.717, 1.165) is 12.0 Å². The van der Waals surface area contributed by atoms with Crippen LogP contribution in [0, 0.1) is 5.82 Å². The minimum Gasteiger partial charge on any atom is -0.505 e. The third kappa shape index (κ3) is 3.17. The van der Waals surface area contributed by atoms with Crippen molar-refractivity contribution >= 4 is 17.4 Å². The van der Waals surface area contributed by atoms with Gasteiger partial charge in [-0.2, -0.15) is 0 Å². The minimum absolute atomic E-state index is 0.00737. The van der Waals surface area contributed by atoms with Crippen LogP contribution in [0.1, 0.15) is 30.9 Å². The monoisotopic (exact) mass is 344 g/mol. The summed E-state index contributed by atoms with van der Waals surface area (Å²) in [6, 6.07) is 5.68. The van der Waals surface area contributed by atoms with Gasteiger partial charge in [0, 0.05) is 12.5 Å². The Morgan fingerprint density at radius 3 is 2.60 bits per heavy atom. The van der Waals surface area contributed by atoms with Crippen molar-refractivity contribution in [2.24, 2.45) is 0 Å². The Bertz CT molecular complexity index is 852.